The SMILES string of the molecule is CN(C)CCCn1c(=S)[nH]c2ccc(Cl)cc2c1=O.Cl. The van der Waals surface area contributed by atoms with Crippen LogP contribution in [0.3, 0.4) is 0 Å². The first-order valence-corrected chi connectivity index (χ1v) is 6.85. The van der Waals surface area contributed by atoms with Crippen LogP contribution in [0, 0.1) is 4.77 Å². The molecule has 4 nitrogen and oxygen atoms in total. The molecule has 0 bridgehead atoms. The van der Waals surface area contributed by atoms with Crippen LogP contribution >= 0.6 is 36.2 Å². The molecular weight excluding hydrogens is 317 g/mol. The summed E-state index contributed by atoms with van der Waals surface area (Å²) in [5.41, 5.74) is 0.642. The van der Waals surface area contributed by atoms with E-state index in [1.54, 1.807) is 22.8 Å². The molecule has 7 heteroatoms. The van der Waals surface area contributed by atoms with Gasteiger partial charge in [0.15, 0.2) is 4.77 Å². The maximum absolute atomic E-state index is 12.4. The van der Waals surface area contributed by atoms with Crippen molar-refractivity contribution in [2.75, 3.05) is 20.6 Å². The van der Waals surface area contributed by atoms with Gasteiger partial charge < -0.3 is 9.88 Å². The molecule has 0 aliphatic heterocycles. The van der Waals surface area contributed by atoms with Crippen LogP contribution < -0.4 is 5.56 Å². The molecule has 0 saturated heterocycles. The molecule has 110 valence electrons. The predicted molar refractivity (Wildman–Crippen MR) is 88.8 cm³/mol. The first kappa shape index (κ1) is 17.2. The topological polar surface area (TPSA) is 41.0 Å². The highest BCUT2D eigenvalue weighted by Gasteiger charge is 2.06. The minimum Gasteiger partial charge on any atom is -0.332 e. The molecule has 0 amide bonds. The summed E-state index contributed by atoms with van der Waals surface area (Å²) in [6, 6.07) is 5.19. The third-order valence-corrected chi connectivity index (χ3v) is 3.49. The molecule has 0 spiro atoms. The van der Waals surface area contributed by atoms with E-state index >= 15 is 0 Å². The van der Waals surface area contributed by atoms with Crippen molar-refractivity contribution >= 4 is 47.1 Å². The molecule has 0 aliphatic carbocycles. The van der Waals surface area contributed by atoms with Crippen LogP contribution in [0.5, 0.6) is 0 Å². The van der Waals surface area contributed by atoms with E-state index in [9.17, 15) is 4.79 Å². The minimum absolute atomic E-state index is 0. The van der Waals surface area contributed by atoms with Gasteiger partial charge in [-0.1, -0.05) is 11.6 Å². The minimum atomic E-state index is -0.0833. The fourth-order valence-corrected chi connectivity index (χ4v) is 2.43. The van der Waals surface area contributed by atoms with Crippen molar-refractivity contribution < 1.29 is 0 Å². The fraction of sp³-hybridized carbons (Fsp3) is 0.385. The largest absolute Gasteiger partial charge is 0.332 e. The van der Waals surface area contributed by atoms with Crippen LogP contribution in [0.4, 0.5) is 0 Å². The Morgan fingerprint density at radius 1 is 1.40 bits per heavy atom. The quantitative estimate of drug-likeness (QED) is 0.874. The molecule has 1 heterocycles. The summed E-state index contributed by atoms with van der Waals surface area (Å²) in [5, 5.41) is 1.13. The molecule has 0 fully saturated rings. The predicted octanol–water partition coefficient (Wildman–Crippen LogP) is 3.09. The van der Waals surface area contributed by atoms with Gasteiger partial charge in [-0.3, -0.25) is 9.36 Å². The number of fused-ring (bicyclic) bond motifs is 1. The summed E-state index contributed by atoms with van der Waals surface area (Å²) in [7, 11) is 4.01. The summed E-state index contributed by atoms with van der Waals surface area (Å²) in [4.78, 5) is 17.5. The molecule has 2 rings (SSSR count). The van der Waals surface area contributed by atoms with E-state index in [1.807, 2.05) is 14.1 Å². The first-order chi connectivity index (χ1) is 8.99. The van der Waals surface area contributed by atoms with Gasteiger partial charge >= 0.3 is 0 Å². The summed E-state index contributed by atoms with van der Waals surface area (Å²) in [5.74, 6) is 0. The highest BCUT2D eigenvalue weighted by Crippen LogP contribution is 2.14. The standard InChI is InChI=1S/C13H16ClN3OS.ClH/c1-16(2)6-3-7-17-12(18)10-8-9(14)4-5-11(10)15-13(17)19;/h4-5,8H,3,6-7H2,1-2H3,(H,15,19);1H. The number of rotatable bonds is 4. The van der Waals surface area contributed by atoms with E-state index < -0.39 is 0 Å². The van der Waals surface area contributed by atoms with E-state index in [2.05, 4.69) is 9.88 Å². The Kier molecular flexibility index (Phi) is 6.20. The summed E-state index contributed by atoms with van der Waals surface area (Å²) in [6.45, 7) is 1.52. The second-order valence-electron chi connectivity index (χ2n) is 4.73. The van der Waals surface area contributed by atoms with Crippen molar-refractivity contribution in [1.29, 1.82) is 0 Å². The number of H-pyrrole nitrogens is 1. The second-order valence-corrected chi connectivity index (χ2v) is 5.56. The van der Waals surface area contributed by atoms with E-state index in [0.717, 1.165) is 18.5 Å². The lowest BCUT2D eigenvalue weighted by Gasteiger charge is -2.11. The molecule has 0 aliphatic rings. The maximum Gasteiger partial charge on any atom is 0.262 e. The number of hydrogen-bond acceptors (Lipinski definition) is 3. The van der Waals surface area contributed by atoms with Crippen molar-refractivity contribution in [3.8, 4) is 0 Å². The number of nitrogens with zero attached hydrogens (tertiary/aromatic N) is 2. The molecule has 1 N–H and O–H groups in total. The molecule has 1 aromatic carbocycles. The Morgan fingerprint density at radius 2 is 2.10 bits per heavy atom. The third kappa shape index (κ3) is 3.82. The Labute approximate surface area is 133 Å². The molecule has 1 aromatic heterocycles. The Balaban J connectivity index is 0.00000200. The second kappa shape index (κ2) is 7.22. The van der Waals surface area contributed by atoms with Crippen molar-refractivity contribution in [1.82, 2.24) is 14.5 Å². The summed E-state index contributed by atoms with van der Waals surface area (Å²) >= 11 is 11.2. The van der Waals surface area contributed by atoms with E-state index in [1.165, 1.54) is 0 Å². The van der Waals surface area contributed by atoms with Crippen LogP contribution in [0.1, 0.15) is 6.42 Å². The lowest BCUT2D eigenvalue weighted by Crippen LogP contribution is -2.24. The van der Waals surface area contributed by atoms with E-state index in [0.29, 0.717) is 21.7 Å². The number of hydrogen-bond donors (Lipinski definition) is 1. The molecule has 0 unspecified atom stereocenters. The van der Waals surface area contributed by atoms with Crippen LogP contribution in [0.2, 0.25) is 5.02 Å². The van der Waals surface area contributed by atoms with Gasteiger partial charge in [-0.15, -0.1) is 12.4 Å². The van der Waals surface area contributed by atoms with Crippen molar-refractivity contribution in [3.63, 3.8) is 0 Å². The maximum atomic E-state index is 12.4. The number of nitrogens with one attached hydrogen (secondary N) is 1. The number of halogens is 2. The van der Waals surface area contributed by atoms with Gasteiger partial charge in [0.2, 0.25) is 0 Å². The summed E-state index contributed by atoms with van der Waals surface area (Å²) < 4.78 is 2.05. The lowest BCUT2D eigenvalue weighted by atomic mass is 10.2. The van der Waals surface area contributed by atoms with Crippen LogP contribution in [-0.4, -0.2) is 35.1 Å². The van der Waals surface area contributed by atoms with Crippen molar-refractivity contribution in [3.05, 3.63) is 38.3 Å². The average Bonchev–Trinajstić information content (AvgIpc) is 2.34. The molecule has 0 atom stereocenters. The van der Waals surface area contributed by atoms with Gasteiger partial charge in [-0.25, -0.2) is 0 Å². The van der Waals surface area contributed by atoms with Gasteiger partial charge in [0, 0.05) is 11.6 Å². The number of aromatic amines is 1. The monoisotopic (exact) mass is 333 g/mol. The van der Waals surface area contributed by atoms with Crippen LogP contribution in [0.25, 0.3) is 10.9 Å². The average molecular weight is 334 g/mol. The first-order valence-electron chi connectivity index (χ1n) is 6.06. The third-order valence-electron chi connectivity index (χ3n) is 2.93. The zero-order valence-electron chi connectivity index (χ0n) is 11.4. The molecular formula is C13H17Cl2N3OS. The Bertz CT molecular complexity index is 709. The molecule has 20 heavy (non-hydrogen) atoms. The van der Waals surface area contributed by atoms with Gasteiger partial charge in [-0.05, 0) is 57.5 Å². The van der Waals surface area contributed by atoms with Gasteiger partial charge in [-0.2, -0.15) is 0 Å². The van der Waals surface area contributed by atoms with Crippen LogP contribution in [0.15, 0.2) is 23.0 Å². The smallest absolute Gasteiger partial charge is 0.262 e. The Morgan fingerprint density at radius 3 is 2.75 bits per heavy atom. The normalized spacial score (nSPS) is 10.8. The molecule has 2 aromatic rings. The fourth-order valence-electron chi connectivity index (χ4n) is 1.97. The van der Waals surface area contributed by atoms with Gasteiger partial charge in [0.25, 0.3) is 5.56 Å². The number of aromatic nitrogens is 2. The van der Waals surface area contributed by atoms with Crippen molar-refractivity contribution in [2.45, 2.75) is 13.0 Å². The lowest BCUT2D eigenvalue weighted by molar-refractivity contribution is 0.384. The van der Waals surface area contributed by atoms with E-state index in [4.69, 9.17) is 23.8 Å². The van der Waals surface area contributed by atoms with Gasteiger partial charge in [0.05, 0.1) is 10.9 Å². The van der Waals surface area contributed by atoms with Gasteiger partial charge in [0.1, 0.15) is 0 Å². The highest BCUT2D eigenvalue weighted by molar-refractivity contribution is 7.71. The zero-order valence-corrected chi connectivity index (χ0v) is 13.7. The molecule has 0 radical (unpaired) electrons. The number of benzene rings is 1. The summed E-state index contributed by atoms with van der Waals surface area (Å²) in [6.07, 6.45) is 0.871. The zero-order chi connectivity index (χ0) is 14.0. The highest BCUT2D eigenvalue weighted by atomic mass is 35.5. The molecule has 0 saturated carbocycles. The van der Waals surface area contributed by atoms with E-state index in [-0.39, 0.29) is 18.0 Å². The van der Waals surface area contributed by atoms with Crippen LogP contribution in [-0.2, 0) is 6.54 Å². The Hall–Kier alpha value is -0.880. The van der Waals surface area contributed by atoms with Crippen molar-refractivity contribution in [2.24, 2.45) is 0 Å².